The van der Waals surface area contributed by atoms with Gasteiger partial charge in [0.25, 0.3) is 11.5 Å². The van der Waals surface area contributed by atoms with Crippen LogP contribution in [0.15, 0.2) is 29.2 Å². The summed E-state index contributed by atoms with van der Waals surface area (Å²) < 4.78 is 7.71. The summed E-state index contributed by atoms with van der Waals surface area (Å²) in [5.41, 5.74) is 0.801. The van der Waals surface area contributed by atoms with Crippen LogP contribution < -0.4 is 5.56 Å². The van der Waals surface area contributed by atoms with Crippen molar-refractivity contribution in [3.05, 3.63) is 45.2 Å². The van der Waals surface area contributed by atoms with Gasteiger partial charge in [-0.1, -0.05) is 26.8 Å². The van der Waals surface area contributed by atoms with E-state index in [-0.39, 0.29) is 17.5 Å². The second kappa shape index (κ2) is 7.78. The molecule has 3 aromatic rings. The number of carbonyl (C=O) groups excluding carboxylic acids is 1. The van der Waals surface area contributed by atoms with Crippen molar-refractivity contribution in [2.75, 3.05) is 6.61 Å². The average Bonchev–Trinajstić information content (AvgIpc) is 3.29. The van der Waals surface area contributed by atoms with Crippen LogP contribution in [-0.2, 0) is 4.74 Å². The van der Waals surface area contributed by atoms with Crippen LogP contribution in [0.5, 0.6) is 0 Å². The van der Waals surface area contributed by atoms with E-state index in [1.54, 1.807) is 16.7 Å². The van der Waals surface area contributed by atoms with Crippen LogP contribution in [0.3, 0.4) is 0 Å². The Balaban J connectivity index is 1.77. The van der Waals surface area contributed by atoms with Crippen molar-refractivity contribution >= 4 is 33.1 Å². The van der Waals surface area contributed by atoms with Gasteiger partial charge in [-0.3, -0.25) is 14.0 Å². The Morgan fingerprint density at radius 2 is 2.20 bits per heavy atom. The molecule has 0 bridgehead atoms. The van der Waals surface area contributed by atoms with Gasteiger partial charge in [-0.25, -0.2) is 4.98 Å². The van der Waals surface area contributed by atoms with Crippen molar-refractivity contribution in [1.82, 2.24) is 14.3 Å². The molecule has 1 aliphatic rings. The van der Waals surface area contributed by atoms with E-state index in [2.05, 4.69) is 25.8 Å². The molecule has 1 amide bonds. The molecule has 0 aliphatic carbocycles. The summed E-state index contributed by atoms with van der Waals surface area (Å²) >= 11 is 1.30. The lowest BCUT2D eigenvalue weighted by atomic mass is 9.99. The summed E-state index contributed by atoms with van der Waals surface area (Å²) in [6.07, 6.45) is 4.33. The fourth-order valence-electron chi connectivity index (χ4n) is 4.22. The van der Waals surface area contributed by atoms with Crippen LogP contribution in [0.4, 0.5) is 0 Å². The number of ether oxygens (including phenoxy) is 1. The second-order valence-electron chi connectivity index (χ2n) is 8.79. The van der Waals surface area contributed by atoms with Crippen LogP contribution in [0, 0.1) is 12.8 Å². The van der Waals surface area contributed by atoms with Gasteiger partial charge in [0, 0.05) is 6.20 Å². The van der Waals surface area contributed by atoms with Gasteiger partial charge in [0.1, 0.15) is 16.2 Å². The number of aromatic nitrogens is 2. The standard InChI is InChI=1S/C23H29N3O3S/c1-6-16-13-29-23(5,10-9-14(2)3)26(16)22(28)18-12-17-20(30-18)24-19-15(4)8-7-11-25(19)21(17)27/h7-8,11-12,14,16H,6,9-10,13H2,1-5H3/t16-,23-/m0/s1. The maximum absolute atomic E-state index is 13.6. The maximum Gasteiger partial charge on any atom is 0.266 e. The summed E-state index contributed by atoms with van der Waals surface area (Å²) in [5, 5.41) is 0.489. The number of hydrogen-bond donors (Lipinski definition) is 0. The summed E-state index contributed by atoms with van der Waals surface area (Å²) in [5.74, 6) is 0.464. The van der Waals surface area contributed by atoms with E-state index < -0.39 is 5.72 Å². The van der Waals surface area contributed by atoms with Crippen LogP contribution >= 0.6 is 11.3 Å². The normalized spacial score (nSPS) is 21.9. The Morgan fingerprint density at radius 3 is 2.90 bits per heavy atom. The summed E-state index contributed by atoms with van der Waals surface area (Å²) in [7, 11) is 0. The Bertz CT molecular complexity index is 1170. The Morgan fingerprint density at radius 1 is 1.43 bits per heavy atom. The van der Waals surface area contributed by atoms with Crippen molar-refractivity contribution in [1.29, 1.82) is 0 Å². The fourth-order valence-corrected chi connectivity index (χ4v) is 5.18. The first-order chi connectivity index (χ1) is 14.2. The quantitative estimate of drug-likeness (QED) is 0.596. The zero-order valence-corrected chi connectivity index (χ0v) is 19.1. The molecule has 0 radical (unpaired) electrons. The largest absolute Gasteiger partial charge is 0.354 e. The average molecular weight is 428 g/mol. The minimum atomic E-state index is -0.623. The molecule has 160 valence electrons. The molecular weight excluding hydrogens is 398 g/mol. The highest BCUT2D eigenvalue weighted by atomic mass is 32.1. The SMILES string of the molecule is CC[C@H]1CO[C@@](C)(CCC(C)C)N1C(=O)c1cc2c(=O)n3cccc(C)c3nc2s1. The number of amides is 1. The maximum atomic E-state index is 13.6. The summed E-state index contributed by atoms with van der Waals surface area (Å²) in [4.78, 5) is 34.4. The van der Waals surface area contributed by atoms with Crippen LogP contribution in [0.25, 0.3) is 15.9 Å². The molecule has 0 unspecified atom stereocenters. The van der Waals surface area contributed by atoms with Gasteiger partial charge in [-0.05, 0) is 56.7 Å². The number of thiophene rings is 1. The number of nitrogens with zero attached hydrogens (tertiary/aromatic N) is 3. The van der Waals surface area contributed by atoms with Gasteiger partial charge in [0.15, 0.2) is 0 Å². The zero-order valence-electron chi connectivity index (χ0n) is 18.3. The third-order valence-corrected chi connectivity index (χ3v) is 7.10. The van der Waals surface area contributed by atoms with E-state index in [4.69, 9.17) is 4.74 Å². The lowest BCUT2D eigenvalue weighted by Gasteiger charge is -2.36. The summed E-state index contributed by atoms with van der Waals surface area (Å²) in [6.45, 7) is 10.9. The predicted octanol–water partition coefficient (Wildman–Crippen LogP) is 4.62. The Hall–Kier alpha value is -2.25. The number of pyridine rings is 1. The molecule has 0 saturated carbocycles. The third-order valence-electron chi connectivity index (χ3n) is 6.08. The molecule has 0 N–H and O–H groups in total. The second-order valence-corrected chi connectivity index (χ2v) is 9.82. The lowest BCUT2D eigenvalue weighted by molar-refractivity contribution is -0.0639. The highest BCUT2D eigenvalue weighted by molar-refractivity contribution is 7.20. The number of fused-ring (bicyclic) bond motifs is 2. The third kappa shape index (κ3) is 3.44. The number of carbonyl (C=O) groups is 1. The van der Waals surface area contributed by atoms with Crippen LogP contribution in [-0.4, -0.2) is 38.6 Å². The molecule has 4 heterocycles. The van der Waals surface area contributed by atoms with Crippen molar-refractivity contribution < 1.29 is 9.53 Å². The van der Waals surface area contributed by atoms with Crippen LogP contribution in [0.2, 0.25) is 0 Å². The monoisotopic (exact) mass is 427 g/mol. The fraction of sp³-hybridized carbons (Fsp3) is 0.522. The smallest absolute Gasteiger partial charge is 0.266 e. The minimum Gasteiger partial charge on any atom is -0.354 e. The molecule has 0 aromatic carbocycles. The zero-order chi connectivity index (χ0) is 21.6. The van der Waals surface area contributed by atoms with E-state index in [9.17, 15) is 9.59 Å². The molecule has 1 saturated heterocycles. The highest BCUT2D eigenvalue weighted by Gasteiger charge is 2.46. The molecule has 1 aliphatic heterocycles. The predicted molar refractivity (Wildman–Crippen MR) is 120 cm³/mol. The molecule has 2 atom stereocenters. The first-order valence-electron chi connectivity index (χ1n) is 10.6. The molecule has 30 heavy (non-hydrogen) atoms. The Kier molecular flexibility index (Phi) is 5.45. The molecule has 7 heteroatoms. The van der Waals surface area contributed by atoms with Gasteiger partial charge >= 0.3 is 0 Å². The number of rotatable bonds is 5. The van der Waals surface area contributed by atoms with Crippen LogP contribution in [0.1, 0.15) is 62.2 Å². The molecule has 3 aromatic heterocycles. The molecular formula is C23H29N3O3S. The van der Waals surface area contributed by atoms with E-state index in [0.717, 1.165) is 24.8 Å². The van der Waals surface area contributed by atoms with Crippen molar-refractivity contribution in [2.45, 2.75) is 65.6 Å². The van der Waals surface area contributed by atoms with Gasteiger partial charge < -0.3 is 9.64 Å². The first kappa shape index (κ1) is 21.0. The highest BCUT2D eigenvalue weighted by Crippen LogP contribution is 2.37. The minimum absolute atomic E-state index is 0.0373. The molecule has 0 spiro atoms. The Labute approximate surface area is 180 Å². The van der Waals surface area contributed by atoms with Gasteiger partial charge in [0.05, 0.1) is 22.9 Å². The van der Waals surface area contributed by atoms with E-state index in [1.165, 1.54) is 11.3 Å². The van der Waals surface area contributed by atoms with Crippen molar-refractivity contribution in [2.24, 2.45) is 5.92 Å². The van der Waals surface area contributed by atoms with E-state index >= 15 is 0 Å². The van der Waals surface area contributed by atoms with Gasteiger partial charge in [-0.15, -0.1) is 11.3 Å². The topological polar surface area (TPSA) is 63.9 Å². The molecule has 4 rings (SSSR count). The van der Waals surface area contributed by atoms with E-state index in [0.29, 0.717) is 33.3 Å². The van der Waals surface area contributed by atoms with Crippen molar-refractivity contribution in [3.63, 3.8) is 0 Å². The number of aryl methyl sites for hydroxylation is 1. The van der Waals surface area contributed by atoms with Gasteiger partial charge in [0.2, 0.25) is 0 Å². The molecule has 6 nitrogen and oxygen atoms in total. The lowest BCUT2D eigenvalue weighted by Crippen LogP contribution is -2.49. The van der Waals surface area contributed by atoms with Crippen molar-refractivity contribution in [3.8, 4) is 0 Å². The summed E-state index contributed by atoms with van der Waals surface area (Å²) in [6, 6.07) is 5.51. The van der Waals surface area contributed by atoms with Gasteiger partial charge in [-0.2, -0.15) is 0 Å². The van der Waals surface area contributed by atoms with E-state index in [1.807, 2.05) is 30.9 Å². The molecule has 1 fully saturated rings. The first-order valence-corrected chi connectivity index (χ1v) is 11.5. The number of hydrogen-bond acceptors (Lipinski definition) is 5.